The molecule has 5 fully saturated rings. The average molecular weight is 910 g/mol. The zero-order chi connectivity index (χ0) is 45.3. The molecule has 6 amide bonds. The topological polar surface area (TPSA) is 188 Å². The van der Waals surface area contributed by atoms with E-state index in [9.17, 15) is 27.6 Å². The number of benzene rings is 2. The number of carbonyl (C=O) groups excluding carboxylic acids is 5. The summed E-state index contributed by atoms with van der Waals surface area (Å²) >= 11 is 0. The number of hydrogen-bond acceptors (Lipinski definition) is 10. The van der Waals surface area contributed by atoms with Crippen molar-refractivity contribution in [1.29, 1.82) is 0 Å². The van der Waals surface area contributed by atoms with E-state index in [0.29, 0.717) is 86.4 Å². The van der Waals surface area contributed by atoms with Gasteiger partial charge in [-0.15, -0.1) is 0 Å². The maximum Gasteiger partial charge on any atom is 0.320 e. The number of urea groups is 1. The Kier molecular flexibility index (Phi) is 12.8. The maximum absolute atomic E-state index is 15.1. The summed E-state index contributed by atoms with van der Waals surface area (Å²) in [6.45, 7) is 3.10. The minimum absolute atomic E-state index is 0.00804. The van der Waals surface area contributed by atoms with Crippen molar-refractivity contribution in [2.24, 2.45) is 11.8 Å². The van der Waals surface area contributed by atoms with Crippen LogP contribution in [0.25, 0.3) is 22.2 Å². The van der Waals surface area contributed by atoms with E-state index in [4.69, 9.17) is 14.5 Å². The number of aromatic nitrogens is 1. The van der Waals surface area contributed by atoms with E-state index in [0.717, 1.165) is 44.3 Å². The highest BCUT2D eigenvalue weighted by Crippen LogP contribution is 2.46. The number of likely N-dealkylation sites (tertiary alicyclic amines) is 1. The molecule has 0 radical (unpaired) electrons. The molecule has 0 bridgehead atoms. The monoisotopic (exact) mass is 909 g/mol. The number of sulfonamides is 1. The molecule has 1 aromatic heterocycles. The Balaban J connectivity index is 1.000. The van der Waals surface area contributed by atoms with Crippen LogP contribution in [-0.2, 0) is 29.2 Å². The largest absolute Gasteiger partial charge is 0.497 e. The predicted octanol–water partition coefficient (Wildman–Crippen LogP) is 4.63. The van der Waals surface area contributed by atoms with Gasteiger partial charge in [0, 0.05) is 87.0 Å². The molecule has 17 heteroatoms. The fourth-order valence-electron chi connectivity index (χ4n) is 9.91. The molecule has 16 nitrogen and oxygen atoms in total. The summed E-state index contributed by atoms with van der Waals surface area (Å²) in [7, 11) is -2.33. The smallest absolute Gasteiger partial charge is 0.320 e. The zero-order valence-corrected chi connectivity index (χ0v) is 37.8. The van der Waals surface area contributed by atoms with E-state index in [1.165, 1.54) is 4.90 Å². The molecule has 4 aliphatic heterocycles. The molecule has 0 spiro atoms. The molecule has 5 heterocycles. The van der Waals surface area contributed by atoms with Crippen molar-refractivity contribution in [3.63, 3.8) is 0 Å². The third kappa shape index (κ3) is 9.66. The Morgan fingerprint density at radius 3 is 2.35 bits per heavy atom. The number of fused-ring (bicyclic) bond motifs is 3. The highest BCUT2D eigenvalue weighted by atomic mass is 32.2. The van der Waals surface area contributed by atoms with Gasteiger partial charge in [0.15, 0.2) is 0 Å². The molecule has 3 saturated heterocycles. The number of nitrogens with zero attached hydrogens (tertiary/aromatic N) is 5. The Morgan fingerprint density at radius 1 is 0.877 bits per heavy atom. The number of rotatable bonds is 9. The lowest BCUT2D eigenvalue weighted by Crippen LogP contribution is -2.57. The number of carbonyl (C=O) groups is 5. The predicted molar refractivity (Wildman–Crippen MR) is 242 cm³/mol. The van der Waals surface area contributed by atoms with Gasteiger partial charge in [-0.1, -0.05) is 55.3 Å². The molecular formula is C48H59N7O9S. The number of allylic oxidation sites excluding steroid dienone is 1. The molecule has 9 rings (SSSR count). The van der Waals surface area contributed by atoms with Gasteiger partial charge in [0.2, 0.25) is 27.7 Å². The van der Waals surface area contributed by atoms with Crippen LogP contribution in [0.2, 0.25) is 0 Å². The van der Waals surface area contributed by atoms with Crippen LogP contribution in [0.1, 0.15) is 77.0 Å². The minimum atomic E-state index is -3.92. The SMILES string of the molecule is COc1ccc2c(O[C@@H]3C[C@H]4C(=O)N[C@]5(C(=O)NS(=O)(=O)C6CC6)C[C@H]5/C=C\CCCCC[C@H](CC(=O)N5CCN(C(=O)N6CCCC6)CC5)C(=O)N4C3)cc(-c3ccccc3)nc2c1. The summed E-state index contributed by atoms with van der Waals surface area (Å²) in [5.74, 6) is -1.95. The number of amides is 6. The van der Waals surface area contributed by atoms with Crippen LogP contribution in [0.4, 0.5) is 4.79 Å². The Morgan fingerprint density at radius 2 is 1.62 bits per heavy atom. The van der Waals surface area contributed by atoms with Gasteiger partial charge in [-0.3, -0.25) is 23.9 Å². The highest BCUT2D eigenvalue weighted by molar-refractivity contribution is 7.91. The van der Waals surface area contributed by atoms with Crippen LogP contribution < -0.4 is 19.5 Å². The number of methoxy groups -OCH3 is 1. The average Bonchev–Trinajstić information content (AvgIpc) is 4.18. The number of ether oxygens (including phenoxy) is 2. The highest BCUT2D eigenvalue weighted by Gasteiger charge is 2.62. The summed E-state index contributed by atoms with van der Waals surface area (Å²) in [6, 6.07) is 15.9. The van der Waals surface area contributed by atoms with Gasteiger partial charge in [-0.25, -0.2) is 18.2 Å². The first-order chi connectivity index (χ1) is 31.4. The second kappa shape index (κ2) is 18.6. The Bertz CT molecular complexity index is 2450. The van der Waals surface area contributed by atoms with Crippen molar-refractivity contribution in [3.8, 4) is 22.8 Å². The molecule has 2 saturated carbocycles. The van der Waals surface area contributed by atoms with Crippen LogP contribution >= 0.6 is 0 Å². The van der Waals surface area contributed by atoms with Gasteiger partial charge < -0.3 is 34.4 Å². The number of hydrogen-bond donors (Lipinski definition) is 2. The lowest BCUT2D eigenvalue weighted by Gasteiger charge is -2.37. The van der Waals surface area contributed by atoms with Crippen LogP contribution in [0.15, 0.2) is 66.7 Å². The standard InChI is InChI=1S/C48H59N7O9S/c1-63-35-16-19-38-40(27-35)49-39(32-12-7-5-8-13-32)29-42(38)64-36-28-41-44(57)50-48(46(59)51-65(61,62)37-17-18-37)30-34(48)15-9-4-2-3-6-14-33(45(58)55(41)31-36)26-43(56)52-22-24-54(25-23-52)47(60)53-20-10-11-21-53/h5,7-9,12-13,15-16,19,27,29,33-34,36-37,41H,2-4,6,10-11,14,17-18,20-26,28,30-31H2,1H3,(H,50,57)(H,51,59)/b15-9-/t33-,34-,36-,41+,48-/m1/s1. The second-order valence-electron chi connectivity index (χ2n) is 18.5. The summed E-state index contributed by atoms with van der Waals surface area (Å²) in [4.78, 5) is 82.8. The molecule has 65 heavy (non-hydrogen) atoms. The molecule has 3 aromatic rings. The number of pyridine rings is 1. The lowest BCUT2D eigenvalue weighted by molar-refractivity contribution is -0.146. The van der Waals surface area contributed by atoms with Crippen LogP contribution in [-0.4, -0.2) is 139 Å². The minimum Gasteiger partial charge on any atom is -0.497 e. The number of nitrogens with one attached hydrogen (secondary N) is 2. The van der Waals surface area contributed by atoms with E-state index in [1.54, 1.807) is 16.9 Å². The first-order valence-corrected chi connectivity index (χ1v) is 24.8. The van der Waals surface area contributed by atoms with E-state index in [1.807, 2.05) is 71.6 Å². The van der Waals surface area contributed by atoms with Crippen molar-refractivity contribution in [3.05, 3.63) is 66.7 Å². The van der Waals surface area contributed by atoms with Gasteiger partial charge >= 0.3 is 6.03 Å². The van der Waals surface area contributed by atoms with E-state index >= 15 is 4.79 Å². The molecule has 5 atom stereocenters. The first kappa shape index (κ1) is 44.5. The van der Waals surface area contributed by atoms with E-state index < -0.39 is 56.6 Å². The van der Waals surface area contributed by atoms with E-state index in [2.05, 4.69) is 10.0 Å². The molecule has 2 N–H and O–H groups in total. The van der Waals surface area contributed by atoms with Crippen molar-refractivity contribution in [2.45, 2.75) is 100.0 Å². The first-order valence-electron chi connectivity index (χ1n) is 23.3. The summed E-state index contributed by atoms with van der Waals surface area (Å²) in [5.41, 5.74) is 0.638. The Labute approximate surface area is 380 Å². The van der Waals surface area contributed by atoms with E-state index in [-0.39, 0.29) is 43.7 Å². The molecule has 6 aliphatic rings. The summed E-state index contributed by atoms with van der Waals surface area (Å²) < 4.78 is 40.6. The molecule has 2 aromatic carbocycles. The molecular weight excluding hydrogens is 851 g/mol. The third-order valence-electron chi connectivity index (χ3n) is 14.0. The quantitative estimate of drug-likeness (QED) is 0.287. The second-order valence-corrected chi connectivity index (χ2v) is 20.5. The van der Waals surface area contributed by atoms with Crippen molar-refractivity contribution < 1.29 is 41.9 Å². The van der Waals surface area contributed by atoms with Crippen molar-refractivity contribution in [1.82, 2.24) is 34.6 Å². The van der Waals surface area contributed by atoms with Crippen LogP contribution in [0, 0.1) is 11.8 Å². The van der Waals surface area contributed by atoms with Gasteiger partial charge in [0.1, 0.15) is 29.2 Å². The van der Waals surface area contributed by atoms with Crippen molar-refractivity contribution in [2.75, 3.05) is 52.9 Å². The van der Waals surface area contributed by atoms with Gasteiger partial charge in [0.05, 0.1) is 30.1 Å². The Hall–Kier alpha value is -5.71. The lowest BCUT2D eigenvalue weighted by atomic mass is 9.94. The number of piperazine rings is 1. The fourth-order valence-corrected chi connectivity index (χ4v) is 11.3. The van der Waals surface area contributed by atoms with Crippen LogP contribution in [0.3, 0.4) is 0 Å². The molecule has 346 valence electrons. The fraction of sp³-hybridized carbons (Fsp3) is 0.542. The van der Waals surface area contributed by atoms with Gasteiger partial charge in [0.25, 0.3) is 5.91 Å². The zero-order valence-electron chi connectivity index (χ0n) is 37.0. The van der Waals surface area contributed by atoms with Crippen LogP contribution in [0.5, 0.6) is 11.5 Å². The maximum atomic E-state index is 15.1. The van der Waals surface area contributed by atoms with Crippen molar-refractivity contribution >= 4 is 50.6 Å². The normalized spacial score (nSPS) is 26.9. The van der Waals surface area contributed by atoms with Gasteiger partial charge in [-0.05, 0) is 63.5 Å². The van der Waals surface area contributed by atoms with Gasteiger partial charge in [-0.2, -0.15) is 0 Å². The molecule has 2 aliphatic carbocycles. The summed E-state index contributed by atoms with van der Waals surface area (Å²) in [6.07, 6.45) is 9.78. The third-order valence-corrected chi connectivity index (χ3v) is 15.8. The summed E-state index contributed by atoms with van der Waals surface area (Å²) in [5, 5.41) is 3.03. The molecule has 0 unspecified atom stereocenters.